The lowest BCUT2D eigenvalue weighted by Gasteiger charge is -2.03. The van der Waals surface area contributed by atoms with Crippen molar-refractivity contribution in [3.63, 3.8) is 0 Å². The zero-order valence-corrected chi connectivity index (χ0v) is 10.3. The van der Waals surface area contributed by atoms with Gasteiger partial charge in [0.05, 0.1) is 5.75 Å². The Balaban J connectivity index is 2.39. The SMILES string of the molecule is CNC(=O)CSCc1ccccc1Br. The Morgan fingerprint density at radius 1 is 1.50 bits per heavy atom. The van der Waals surface area contributed by atoms with E-state index in [0.717, 1.165) is 10.2 Å². The maximum atomic E-state index is 10.9. The quantitative estimate of drug-likeness (QED) is 0.913. The van der Waals surface area contributed by atoms with Crippen molar-refractivity contribution in [2.75, 3.05) is 12.8 Å². The summed E-state index contributed by atoms with van der Waals surface area (Å²) in [7, 11) is 1.65. The minimum absolute atomic E-state index is 0.0713. The third-order valence-corrected chi connectivity index (χ3v) is 3.48. The zero-order valence-electron chi connectivity index (χ0n) is 7.92. The normalized spacial score (nSPS) is 9.86. The second kappa shape index (κ2) is 6.09. The molecule has 0 saturated heterocycles. The van der Waals surface area contributed by atoms with Crippen LogP contribution in [0.2, 0.25) is 0 Å². The zero-order chi connectivity index (χ0) is 10.4. The summed E-state index contributed by atoms with van der Waals surface area (Å²) in [5.41, 5.74) is 1.22. The molecule has 0 unspecified atom stereocenters. The Labute approximate surface area is 96.6 Å². The van der Waals surface area contributed by atoms with Crippen LogP contribution in [0.25, 0.3) is 0 Å². The first-order chi connectivity index (χ1) is 6.74. The van der Waals surface area contributed by atoms with E-state index >= 15 is 0 Å². The predicted molar refractivity (Wildman–Crippen MR) is 64.4 cm³/mol. The van der Waals surface area contributed by atoms with E-state index in [0.29, 0.717) is 5.75 Å². The summed E-state index contributed by atoms with van der Waals surface area (Å²) in [6, 6.07) is 8.05. The van der Waals surface area contributed by atoms with Crippen molar-refractivity contribution >= 4 is 33.6 Å². The average Bonchev–Trinajstić information content (AvgIpc) is 2.20. The summed E-state index contributed by atoms with van der Waals surface area (Å²) in [5.74, 6) is 1.44. The summed E-state index contributed by atoms with van der Waals surface area (Å²) < 4.78 is 1.10. The highest BCUT2D eigenvalue weighted by atomic mass is 79.9. The van der Waals surface area contributed by atoms with E-state index in [-0.39, 0.29) is 5.91 Å². The molecule has 4 heteroatoms. The topological polar surface area (TPSA) is 29.1 Å². The fourth-order valence-electron chi connectivity index (χ4n) is 0.941. The lowest BCUT2D eigenvalue weighted by molar-refractivity contribution is -0.118. The van der Waals surface area contributed by atoms with Crippen LogP contribution in [-0.4, -0.2) is 18.7 Å². The second-order valence-electron chi connectivity index (χ2n) is 2.76. The maximum absolute atomic E-state index is 10.9. The molecule has 1 aromatic carbocycles. The van der Waals surface area contributed by atoms with Gasteiger partial charge in [0.1, 0.15) is 0 Å². The largest absolute Gasteiger partial charge is 0.358 e. The van der Waals surface area contributed by atoms with Gasteiger partial charge in [0.2, 0.25) is 5.91 Å². The minimum atomic E-state index is 0.0713. The van der Waals surface area contributed by atoms with Gasteiger partial charge in [0.15, 0.2) is 0 Å². The molecule has 1 rings (SSSR count). The van der Waals surface area contributed by atoms with Crippen LogP contribution in [0.5, 0.6) is 0 Å². The first-order valence-corrected chi connectivity index (χ1v) is 6.20. The van der Waals surface area contributed by atoms with Crippen molar-refractivity contribution in [2.24, 2.45) is 0 Å². The van der Waals surface area contributed by atoms with Crippen LogP contribution in [0.3, 0.4) is 0 Å². The summed E-state index contributed by atoms with van der Waals surface area (Å²) in [4.78, 5) is 10.9. The highest BCUT2D eigenvalue weighted by molar-refractivity contribution is 9.10. The Morgan fingerprint density at radius 3 is 2.86 bits per heavy atom. The van der Waals surface area contributed by atoms with Crippen molar-refractivity contribution in [1.82, 2.24) is 5.32 Å². The Kier molecular flexibility index (Phi) is 5.04. The van der Waals surface area contributed by atoms with Crippen LogP contribution in [0.4, 0.5) is 0 Å². The number of amides is 1. The highest BCUT2D eigenvalue weighted by Crippen LogP contribution is 2.20. The molecule has 0 aliphatic rings. The molecule has 0 spiro atoms. The number of carbonyl (C=O) groups excluding carboxylic acids is 1. The standard InChI is InChI=1S/C10H12BrNOS/c1-12-10(13)7-14-6-8-4-2-3-5-9(8)11/h2-5H,6-7H2,1H3,(H,12,13). The van der Waals surface area contributed by atoms with E-state index in [1.54, 1.807) is 18.8 Å². The molecule has 2 nitrogen and oxygen atoms in total. The molecule has 0 bridgehead atoms. The van der Waals surface area contributed by atoms with Crippen LogP contribution in [-0.2, 0) is 10.5 Å². The van der Waals surface area contributed by atoms with Crippen molar-refractivity contribution in [2.45, 2.75) is 5.75 Å². The first kappa shape index (κ1) is 11.6. The molecule has 0 radical (unpaired) electrons. The number of thioether (sulfide) groups is 1. The van der Waals surface area contributed by atoms with Crippen molar-refractivity contribution in [1.29, 1.82) is 0 Å². The monoisotopic (exact) mass is 273 g/mol. The number of hydrogen-bond acceptors (Lipinski definition) is 2. The summed E-state index contributed by atoms with van der Waals surface area (Å²) in [6.07, 6.45) is 0. The molecule has 0 aliphatic carbocycles. The number of benzene rings is 1. The molecule has 0 aromatic heterocycles. The Morgan fingerprint density at radius 2 is 2.21 bits per heavy atom. The lowest BCUT2D eigenvalue weighted by atomic mass is 10.2. The molecule has 0 heterocycles. The molecule has 0 fully saturated rings. The molecule has 0 aliphatic heterocycles. The van der Waals surface area contributed by atoms with E-state index in [9.17, 15) is 4.79 Å². The predicted octanol–water partition coefficient (Wildman–Crippen LogP) is 2.43. The molecule has 0 atom stereocenters. The molecule has 1 N–H and O–H groups in total. The molecule has 1 aromatic rings. The third-order valence-electron chi connectivity index (χ3n) is 1.73. The fourth-order valence-corrected chi connectivity index (χ4v) is 2.46. The van der Waals surface area contributed by atoms with Gasteiger partial charge in [-0.15, -0.1) is 11.8 Å². The van der Waals surface area contributed by atoms with Gasteiger partial charge in [-0.25, -0.2) is 0 Å². The van der Waals surface area contributed by atoms with E-state index in [1.807, 2.05) is 18.2 Å². The van der Waals surface area contributed by atoms with Gasteiger partial charge >= 0.3 is 0 Å². The second-order valence-corrected chi connectivity index (χ2v) is 4.60. The van der Waals surface area contributed by atoms with Crippen molar-refractivity contribution in [3.8, 4) is 0 Å². The van der Waals surface area contributed by atoms with E-state index in [2.05, 4.69) is 27.3 Å². The van der Waals surface area contributed by atoms with Crippen LogP contribution >= 0.6 is 27.7 Å². The van der Waals surface area contributed by atoms with Gasteiger partial charge in [-0.2, -0.15) is 0 Å². The summed E-state index contributed by atoms with van der Waals surface area (Å²) >= 11 is 5.08. The lowest BCUT2D eigenvalue weighted by Crippen LogP contribution is -2.19. The number of carbonyl (C=O) groups is 1. The summed E-state index contributed by atoms with van der Waals surface area (Å²) in [6.45, 7) is 0. The molecule has 76 valence electrons. The Hall–Kier alpha value is -0.480. The third kappa shape index (κ3) is 3.72. The number of nitrogens with one attached hydrogen (secondary N) is 1. The van der Waals surface area contributed by atoms with Gasteiger partial charge in [0.25, 0.3) is 0 Å². The molecule has 14 heavy (non-hydrogen) atoms. The smallest absolute Gasteiger partial charge is 0.229 e. The average molecular weight is 274 g/mol. The highest BCUT2D eigenvalue weighted by Gasteiger charge is 2.01. The summed E-state index contributed by atoms with van der Waals surface area (Å²) in [5, 5.41) is 2.59. The molecule has 0 saturated carbocycles. The fraction of sp³-hybridized carbons (Fsp3) is 0.300. The van der Waals surface area contributed by atoms with Gasteiger partial charge in [-0.1, -0.05) is 34.1 Å². The minimum Gasteiger partial charge on any atom is -0.358 e. The molecule has 1 amide bonds. The van der Waals surface area contributed by atoms with Crippen LogP contribution < -0.4 is 5.32 Å². The van der Waals surface area contributed by atoms with Gasteiger partial charge in [0, 0.05) is 17.3 Å². The van der Waals surface area contributed by atoms with Crippen LogP contribution in [0.15, 0.2) is 28.7 Å². The maximum Gasteiger partial charge on any atom is 0.229 e. The van der Waals surface area contributed by atoms with Gasteiger partial charge in [-0.05, 0) is 11.6 Å². The van der Waals surface area contributed by atoms with Gasteiger partial charge in [-0.3, -0.25) is 4.79 Å². The van der Waals surface area contributed by atoms with Crippen LogP contribution in [0, 0.1) is 0 Å². The number of halogens is 1. The number of rotatable bonds is 4. The van der Waals surface area contributed by atoms with E-state index < -0.39 is 0 Å². The Bertz CT molecular complexity index is 317. The van der Waals surface area contributed by atoms with Crippen molar-refractivity contribution in [3.05, 3.63) is 34.3 Å². The van der Waals surface area contributed by atoms with E-state index in [4.69, 9.17) is 0 Å². The first-order valence-electron chi connectivity index (χ1n) is 4.25. The van der Waals surface area contributed by atoms with Crippen molar-refractivity contribution < 1.29 is 4.79 Å². The van der Waals surface area contributed by atoms with Gasteiger partial charge < -0.3 is 5.32 Å². The van der Waals surface area contributed by atoms with Crippen LogP contribution in [0.1, 0.15) is 5.56 Å². The molecular weight excluding hydrogens is 262 g/mol. The number of hydrogen-bond donors (Lipinski definition) is 1. The molecular formula is C10H12BrNOS. The van der Waals surface area contributed by atoms with E-state index in [1.165, 1.54) is 5.56 Å².